The monoisotopic (exact) mass is 299 g/mol. The number of rotatable bonds is 6. The Morgan fingerprint density at radius 1 is 1.45 bits per heavy atom. The Balaban J connectivity index is 2.59. The Labute approximate surface area is 115 Å². The van der Waals surface area contributed by atoms with Crippen LogP contribution in [-0.2, 0) is 9.53 Å². The molecular formula is C12H20F3NO4. The summed E-state index contributed by atoms with van der Waals surface area (Å²) in [7, 11) is 0. The van der Waals surface area contributed by atoms with Gasteiger partial charge in [-0.15, -0.1) is 0 Å². The summed E-state index contributed by atoms with van der Waals surface area (Å²) >= 11 is 0. The molecule has 20 heavy (non-hydrogen) atoms. The number of likely N-dealkylation sites (tertiary alicyclic amines) is 1. The van der Waals surface area contributed by atoms with Gasteiger partial charge in [-0.2, -0.15) is 13.2 Å². The molecule has 0 amide bonds. The highest BCUT2D eigenvalue weighted by molar-refractivity contribution is 5.76. The van der Waals surface area contributed by atoms with E-state index in [1.807, 2.05) is 0 Å². The number of carboxylic acids is 1. The molecule has 1 aliphatic rings. The molecule has 0 aromatic heterocycles. The molecule has 0 aromatic rings. The minimum absolute atomic E-state index is 0.00938. The molecule has 2 N–H and O–H groups in total. The summed E-state index contributed by atoms with van der Waals surface area (Å²) < 4.78 is 44.0. The lowest BCUT2D eigenvalue weighted by Gasteiger charge is -2.28. The fourth-order valence-electron chi connectivity index (χ4n) is 2.23. The summed E-state index contributed by atoms with van der Waals surface area (Å²) in [6, 6.07) is 0. The van der Waals surface area contributed by atoms with Crippen LogP contribution in [0.5, 0.6) is 0 Å². The maximum absolute atomic E-state index is 12.9. The van der Waals surface area contributed by atoms with Crippen molar-refractivity contribution < 1.29 is 32.9 Å². The Morgan fingerprint density at radius 3 is 2.45 bits per heavy atom. The standard InChI is InChI=1S/C12H20F3NO4/c1-8(2)20-6-9(17)5-16-4-3-11(7-16,10(18)19)12(13,14)15/h8-9,17H,3-7H2,1-2H3,(H,18,19). The molecule has 0 spiro atoms. The van der Waals surface area contributed by atoms with Crippen LogP contribution in [0.4, 0.5) is 13.2 Å². The van der Waals surface area contributed by atoms with Crippen LogP contribution >= 0.6 is 0 Å². The van der Waals surface area contributed by atoms with Crippen LogP contribution in [0.15, 0.2) is 0 Å². The smallest absolute Gasteiger partial charge is 0.406 e. The number of aliphatic hydroxyl groups is 1. The van der Waals surface area contributed by atoms with E-state index in [9.17, 15) is 23.1 Å². The third-order valence-corrected chi connectivity index (χ3v) is 3.39. The molecule has 0 bridgehead atoms. The molecule has 1 rings (SSSR count). The molecule has 118 valence electrons. The lowest BCUT2D eigenvalue weighted by molar-refractivity contribution is -0.227. The molecule has 0 saturated carbocycles. The fraction of sp³-hybridized carbons (Fsp3) is 0.917. The van der Waals surface area contributed by atoms with Crippen LogP contribution < -0.4 is 0 Å². The predicted octanol–water partition coefficient (Wildman–Crippen LogP) is 1.11. The Kier molecular flexibility index (Phi) is 5.39. The average molecular weight is 299 g/mol. The molecule has 1 fully saturated rings. The van der Waals surface area contributed by atoms with Crippen molar-refractivity contribution in [3.63, 3.8) is 0 Å². The molecule has 2 unspecified atom stereocenters. The molecule has 0 aliphatic carbocycles. The lowest BCUT2D eigenvalue weighted by atomic mass is 9.86. The van der Waals surface area contributed by atoms with Gasteiger partial charge in [-0.3, -0.25) is 9.69 Å². The molecule has 1 saturated heterocycles. The van der Waals surface area contributed by atoms with Gasteiger partial charge in [0.25, 0.3) is 0 Å². The van der Waals surface area contributed by atoms with Crippen molar-refractivity contribution >= 4 is 5.97 Å². The summed E-state index contributed by atoms with van der Waals surface area (Å²) in [4.78, 5) is 12.3. The van der Waals surface area contributed by atoms with Gasteiger partial charge < -0.3 is 14.9 Å². The summed E-state index contributed by atoms with van der Waals surface area (Å²) in [6.07, 6.45) is -6.32. The van der Waals surface area contributed by atoms with Crippen LogP contribution in [0.2, 0.25) is 0 Å². The largest absolute Gasteiger partial charge is 0.481 e. The van der Waals surface area contributed by atoms with Crippen molar-refractivity contribution in [3.8, 4) is 0 Å². The summed E-state index contributed by atoms with van der Waals surface area (Å²) in [5, 5.41) is 18.6. The minimum Gasteiger partial charge on any atom is -0.481 e. The molecule has 5 nitrogen and oxygen atoms in total. The number of carbonyl (C=O) groups is 1. The van der Waals surface area contributed by atoms with Gasteiger partial charge in [0.05, 0.1) is 18.8 Å². The van der Waals surface area contributed by atoms with E-state index in [0.29, 0.717) is 0 Å². The minimum atomic E-state index is -4.80. The number of carboxylic acid groups (broad SMARTS) is 1. The van der Waals surface area contributed by atoms with E-state index >= 15 is 0 Å². The van der Waals surface area contributed by atoms with E-state index in [0.717, 1.165) is 0 Å². The van der Waals surface area contributed by atoms with Crippen molar-refractivity contribution in [1.82, 2.24) is 4.90 Å². The third-order valence-electron chi connectivity index (χ3n) is 3.39. The zero-order valence-electron chi connectivity index (χ0n) is 11.5. The second-order valence-electron chi connectivity index (χ2n) is 5.41. The quantitative estimate of drug-likeness (QED) is 0.769. The van der Waals surface area contributed by atoms with Gasteiger partial charge in [-0.1, -0.05) is 0 Å². The zero-order valence-corrected chi connectivity index (χ0v) is 11.5. The SMILES string of the molecule is CC(C)OCC(O)CN1CCC(C(=O)O)(C(F)(F)F)C1. The molecule has 1 heterocycles. The molecule has 0 aromatic carbocycles. The molecule has 1 aliphatic heterocycles. The number of ether oxygens (including phenoxy) is 1. The van der Waals surface area contributed by atoms with E-state index in [1.54, 1.807) is 13.8 Å². The van der Waals surface area contributed by atoms with Gasteiger partial charge in [-0.05, 0) is 26.8 Å². The van der Waals surface area contributed by atoms with E-state index < -0.39 is 36.6 Å². The number of hydrogen-bond donors (Lipinski definition) is 2. The number of alkyl halides is 3. The van der Waals surface area contributed by atoms with Gasteiger partial charge >= 0.3 is 12.1 Å². The highest BCUT2D eigenvalue weighted by atomic mass is 19.4. The molecule has 8 heteroatoms. The Bertz CT molecular complexity index is 348. The zero-order chi connectivity index (χ0) is 15.6. The maximum Gasteiger partial charge on any atom is 0.406 e. The first kappa shape index (κ1) is 17.2. The van der Waals surface area contributed by atoms with Crippen LogP contribution in [0.25, 0.3) is 0 Å². The van der Waals surface area contributed by atoms with E-state index in [4.69, 9.17) is 9.84 Å². The molecule has 2 atom stereocenters. The van der Waals surface area contributed by atoms with Crippen LogP contribution in [-0.4, -0.2) is 65.7 Å². The first-order valence-corrected chi connectivity index (χ1v) is 6.40. The van der Waals surface area contributed by atoms with Crippen LogP contribution in [0.1, 0.15) is 20.3 Å². The number of hydrogen-bond acceptors (Lipinski definition) is 4. The molecule has 0 radical (unpaired) electrons. The van der Waals surface area contributed by atoms with Gasteiger partial charge in [0, 0.05) is 13.1 Å². The second-order valence-corrected chi connectivity index (χ2v) is 5.41. The third kappa shape index (κ3) is 3.83. The highest BCUT2D eigenvalue weighted by Gasteiger charge is 2.63. The van der Waals surface area contributed by atoms with Crippen molar-refractivity contribution in [2.75, 3.05) is 26.2 Å². The van der Waals surface area contributed by atoms with Crippen molar-refractivity contribution in [2.45, 2.75) is 38.7 Å². The fourth-order valence-corrected chi connectivity index (χ4v) is 2.23. The van der Waals surface area contributed by atoms with Crippen molar-refractivity contribution in [1.29, 1.82) is 0 Å². The average Bonchev–Trinajstić information content (AvgIpc) is 2.71. The second kappa shape index (κ2) is 6.28. The first-order valence-electron chi connectivity index (χ1n) is 6.40. The number of β-amino-alcohol motifs (C(OH)–C–C–N with tert-alkyl or cyclic N) is 1. The predicted molar refractivity (Wildman–Crippen MR) is 64.3 cm³/mol. The number of halogens is 3. The number of nitrogens with zero attached hydrogens (tertiary/aromatic N) is 1. The van der Waals surface area contributed by atoms with Crippen LogP contribution in [0, 0.1) is 5.41 Å². The summed E-state index contributed by atoms with van der Waals surface area (Å²) in [6.45, 7) is 2.90. The van der Waals surface area contributed by atoms with Crippen molar-refractivity contribution in [2.24, 2.45) is 5.41 Å². The topological polar surface area (TPSA) is 70.0 Å². The van der Waals surface area contributed by atoms with E-state index in [1.165, 1.54) is 4.90 Å². The van der Waals surface area contributed by atoms with Crippen molar-refractivity contribution in [3.05, 3.63) is 0 Å². The van der Waals surface area contributed by atoms with Gasteiger partial charge in [0.15, 0.2) is 5.41 Å². The van der Waals surface area contributed by atoms with E-state index in [-0.39, 0.29) is 25.8 Å². The highest BCUT2D eigenvalue weighted by Crippen LogP contribution is 2.45. The van der Waals surface area contributed by atoms with Gasteiger partial charge in [-0.25, -0.2) is 0 Å². The molecular weight excluding hydrogens is 279 g/mol. The number of aliphatic carboxylic acids is 1. The van der Waals surface area contributed by atoms with Gasteiger partial charge in [0.1, 0.15) is 0 Å². The lowest BCUT2D eigenvalue weighted by Crippen LogP contribution is -2.47. The van der Waals surface area contributed by atoms with Crippen LogP contribution in [0.3, 0.4) is 0 Å². The first-order chi connectivity index (χ1) is 9.08. The maximum atomic E-state index is 12.9. The Morgan fingerprint density at radius 2 is 2.05 bits per heavy atom. The van der Waals surface area contributed by atoms with E-state index in [2.05, 4.69) is 0 Å². The van der Waals surface area contributed by atoms with Gasteiger partial charge in [0.2, 0.25) is 0 Å². The Hall–Kier alpha value is -0.860. The number of aliphatic hydroxyl groups excluding tert-OH is 1. The summed E-state index contributed by atoms with van der Waals surface area (Å²) in [5.74, 6) is -1.86. The summed E-state index contributed by atoms with van der Waals surface area (Å²) in [5.41, 5.74) is -2.73. The normalized spacial score (nSPS) is 26.1.